The van der Waals surface area contributed by atoms with Gasteiger partial charge in [-0.25, -0.2) is 0 Å². The van der Waals surface area contributed by atoms with E-state index >= 15 is 0 Å². The van der Waals surface area contributed by atoms with Gasteiger partial charge in [-0.2, -0.15) is 0 Å². The number of hydrogen-bond acceptors (Lipinski definition) is 1. The third-order valence-electron chi connectivity index (χ3n) is 9.17. The lowest BCUT2D eigenvalue weighted by Crippen LogP contribution is -2.13. The van der Waals surface area contributed by atoms with Crippen molar-refractivity contribution in [1.82, 2.24) is 0 Å². The highest BCUT2D eigenvalue weighted by Gasteiger charge is 2.16. The second-order valence-electron chi connectivity index (χ2n) is 13.6. The van der Waals surface area contributed by atoms with E-state index in [2.05, 4.69) is 13.5 Å². The lowest BCUT2D eigenvalue weighted by molar-refractivity contribution is -0.142. The Balaban J connectivity index is 3.17. The topological polar surface area (TPSA) is 37.3 Å². The summed E-state index contributed by atoms with van der Waals surface area (Å²) in [6.45, 7) is 8.19. The maximum atomic E-state index is 11.4. The largest absolute Gasteiger partial charge is 0.481 e. The molecule has 0 aromatic heterocycles. The summed E-state index contributed by atoms with van der Waals surface area (Å²) in [6.07, 6.45) is 44.9. The van der Waals surface area contributed by atoms with E-state index in [1.807, 2.05) is 6.92 Å². The summed E-state index contributed by atoms with van der Waals surface area (Å²) in [4.78, 5) is 11.4. The third kappa shape index (κ3) is 33.6. The quantitative estimate of drug-likeness (QED) is 0.0601. The first-order valence-electron chi connectivity index (χ1n) is 18.9. The fraction of sp³-hybridized carbons (Fsp3) is 0.923. The Morgan fingerprint density at radius 2 is 0.707 bits per heavy atom. The van der Waals surface area contributed by atoms with E-state index in [1.165, 1.54) is 186 Å². The predicted molar refractivity (Wildman–Crippen MR) is 184 cm³/mol. The minimum atomic E-state index is -0.623. The van der Waals surface area contributed by atoms with Crippen LogP contribution in [0.2, 0.25) is 0 Å². The Morgan fingerprint density at radius 3 is 0.927 bits per heavy atom. The Kier molecular flexibility index (Phi) is 33.1. The van der Waals surface area contributed by atoms with E-state index in [-0.39, 0.29) is 5.92 Å². The van der Waals surface area contributed by atoms with Crippen molar-refractivity contribution < 1.29 is 9.90 Å². The number of rotatable bonds is 35. The highest BCUT2D eigenvalue weighted by molar-refractivity contribution is 5.69. The monoisotopic (exact) mass is 577 g/mol. The van der Waals surface area contributed by atoms with Gasteiger partial charge < -0.3 is 5.11 Å². The normalized spacial score (nSPS) is 12.1. The summed E-state index contributed by atoms with van der Waals surface area (Å²) in [5.41, 5.74) is 1.09. The van der Waals surface area contributed by atoms with E-state index in [1.54, 1.807) is 0 Å². The van der Waals surface area contributed by atoms with Crippen molar-refractivity contribution in [2.45, 2.75) is 226 Å². The fourth-order valence-corrected chi connectivity index (χ4v) is 6.23. The van der Waals surface area contributed by atoms with Gasteiger partial charge in [0.1, 0.15) is 0 Å². The summed E-state index contributed by atoms with van der Waals surface area (Å²) in [5, 5.41) is 9.37. The molecule has 1 atom stereocenters. The number of allylic oxidation sites excluding steroid dienone is 1. The van der Waals surface area contributed by atoms with Crippen LogP contribution in [-0.4, -0.2) is 11.1 Å². The van der Waals surface area contributed by atoms with Gasteiger partial charge in [0, 0.05) is 0 Å². The molecule has 0 aromatic carbocycles. The number of carboxylic acid groups (broad SMARTS) is 1. The minimum absolute atomic E-state index is 0.175. The smallest absolute Gasteiger partial charge is 0.306 e. The highest BCUT2D eigenvalue weighted by Crippen LogP contribution is 2.20. The van der Waals surface area contributed by atoms with Gasteiger partial charge in [0.2, 0.25) is 0 Å². The zero-order valence-corrected chi connectivity index (χ0v) is 28.5. The highest BCUT2D eigenvalue weighted by atomic mass is 16.4. The molecule has 1 unspecified atom stereocenters. The maximum absolute atomic E-state index is 11.4. The summed E-state index contributed by atoms with van der Waals surface area (Å²) >= 11 is 0. The van der Waals surface area contributed by atoms with Crippen LogP contribution in [0.25, 0.3) is 0 Å². The predicted octanol–water partition coefficient (Wildman–Crippen LogP) is 14.2. The Labute approximate surface area is 259 Å². The molecule has 0 aromatic rings. The van der Waals surface area contributed by atoms with Crippen molar-refractivity contribution in [2.75, 3.05) is 0 Å². The van der Waals surface area contributed by atoms with Gasteiger partial charge in [-0.1, -0.05) is 205 Å². The molecule has 2 heteroatoms. The zero-order chi connectivity index (χ0) is 30.1. The van der Waals surface area contributed by atoms with Crippen molar-refractivity contribution in [2.24, 2.45) is 5.92 Å². The average molecular weight is 577 g/mol. The number of carbonyl (C=O) groups is 1. The van der Waals surface area contributed by atoms with Crippen LogP contribution >= 0.6 is 0 Å². The fourth-order valence-electron chi connectivity index (χ4n) is 6.23. The molecule has 2 nitrogen and oxygen atoms in total. The molecule has 0 aliphatic carbocycles. The second-order valence-corrected chi connectivity index (χ2v) is 13.6. The number of hydrogen-bond donors (Lipinski definition) is 1. The molecular weight excluding hydrogens is 500 g/mol. The van der Waals surface area contributed by atoms with Crippen molar-refractivity contribution in [3.8, 4) is 0 Å². The molecule has 1 N–H and O–H groups in total. The summed E-state index contributed by atoms with van der Waals surface area (Å²) < 4.78 is 0. The van der Waals surface area contributed by atoms with Gasteiger partial charge in [-0.3, -0.25) is 4.79 Å². The molecule has 0 heterocycles. The van der Waals surface area contributed by atoms with Crippen LogP contribution in [0.5, 0.6) is 0 Å². The molecule has 0 aliphatic rings. The Bertz CT molecular complexity index is 540. The van der Waals surface area contributed by atoms with Crippen molar-refractivity contribution in [1.29, 1.82) is 0 Å². The van der Waals surface area contributed by atoms with E-state index in [9.17, 15) is 9.90 Å². The first-order valence-corrected chi connectivity index (χ1v) is 18.9. The molecule has 0 aliphatic heterocycles. The van der Waals surface area contributed by atoms with Crippen LogP contribution in [0.4, 0.5) is 0 Å². The molecule has 0 amide bonds. The van der Waals surface area contributed by atoms with Crippen molar-refractivity contribution >= 4 is 5.97 Å². The molecule has 0 saturated carbocycles. The van der Waals surface area contributed by atoms with Gasteiger partial charge in [0.15, 0.2) is 0 Å². The molecule has 0 rings (SSSR count). The summed E-state index contributed by atoms with van der Waals surface area (Å²) in [6, 6.07) is 0. The standard InChI is InChI=1S/C39H76O2/c1-4-5-6-7-8-9-10-11-12-13-14-15-16-17-18-19-20-21-22-23-24-25-26-27-28-29-30-31-32-33-34-38(39(40)41)36-35-37(2)3/h38H,2,4-36H2,1,3H3,(H,40,41). The van der Waals surface area contributed by atoms with Gasteiger partial charge >= 0.3 is 5.97 Å². The van der Waals surface area contributed by atoms with Gasteiger partial charge in [-0.05, 0) is 26.2 Å². The summed E-state index contributed by atoms with van der Waals surface area (Å²) in [5.74, 6) is -0.799. The van der Waals surface area contributed by atoms with E-state index in [4.69, 9.17) is 0 Å². The summed E-state index contributed by atoms with van der Waals surface area (Å²) in [7, 11) is 0. The molecule has 0 bridgehead atoms. The van der Waals surface area contributed by atoms with Crippen LogP contribution in [0.1, 0.15) is 226 Å². The third-order valence-corrected chi connectivity index (χ3v) is 9.17. The van der Waals surface area contributed by atoms with Crippen LogP contribution in [-0.2, 0) is 4.79 Å². The first-order chi connectivity index (χ1) is 20.1. The minimum Gasteiger partial charge on any atom is -0.481 e. The van der Waals surface area contributed by atoms with E-state index in [0.29, 0.717) is 0 Å². The van der Waals surface area contributed by atoms with Crippen LogP contribution < -0.4 is 0 Å². The molecule has 0 saturated heterocycles. The molecule has 0 fully saturated rings. The van der Waals surface area contributed by atoms with E-state index in [0.717, 1.165) is 31.3 Å². The number of unbranched alkanes of at least 4 members (excludes halogenated alkanes) is 29. The lowest BCUT2D eigenvalue weighted by Gasteiger charge is -2.12. The molecule has 244 valence electrons. The van der Waals surface area contributed by atoms with Crippen molar-refractivity contribution in [3.63, 3.8) is 0 Å². The molecule has 41 heavy (non-hydrogen) atoms. The van der Waals surface area contributed by atoms with Crippen LogP contribution in [0, 0.1) is 5.92 Å². The average Bonchev–Trinajstić information content (AvgIpc) is 2.95. The van der Waals surface area contributed by atoms with Crippen LogP contribution in [0.15, 0.2) is 12.2 Å². The molecular formula is C39H76O2. The number of aliphatic carboxylic acids is 1. The first kappa shape index (κ1) is 40.2. The van der Waals surface area contributed by atoms with Gasteiger partial charge in [0.25, 0.3) is 0 Å². The molecule has 0 radical (unpaired) electrons. The number of carboxylic acids is 1. The van der Waals surface area contributed by atoms with Gasteiger partial charge in [-0.15, -0.1) is 6.58 Å². The SMILES string of the molecule is C=C(C)CCC(CCCCCCCCCCCCCCCCCCCCCCCCCCCCCCCC)C(=O)O. The second kappa shape index (κ2) is 33.7. The maximum Gasteiger partial charge on any atom is 0.306 e. The van der Waals surface area contributed by atoms with E-state index < -0.39 is 5.97 Å². The lowest BCUT2D eigenvalue weighted by atomic mass is 9.94. The molecule has 0 spiro atoms. The van der Waals surface area contributed by atoms with Gasteiger partial charge in [0.05, 0.1) is 5.92 Å². The Morgan fingerprint density at radius 1 is 0.463 bits per heavy atom. The zero-order valence-electron chi connectivity index (χ0n) is 28.5. The van der Waals surface area contributed by atoms with Crippen LogP contribution in [0.3, 0.4) is 0 Å². The van der Waals surface area contributed by atoms with Crippen molar-refractivity contribution in [3.05, 3.63) is 12.2 Å². The Hall–Kier alpha value is -0.790.